The van der Waals surface area contributed by atoms with E-state index < -0.39 is 17.3 Å². The van der Waals surface area contributed by atoms with E-state index >= 15 is 0 Å². The molecule has 1 saturated heterocycles. The Morgan fingerprint density at radius 2 is 1.57 bits per heavy atom. The van der Waals surface area contributed by atoms with Gasteiger partial charge in [0.1, 0.15) is 0 Å². The van der Waals surface area contributed by atoms with Crippen LogP contribution < -0.4 is 0 Å². The molecule has 28 heavy (non-hydrogen) atoms. The van der Waals surface area contributed by atoms with Crippen molar-refractivity contribution in [2.75, 3.05) is 6.61 Å². The topological polar surface area (TPSA) is 87.0 Å². The fourth-order valence-electron chi connectivity index (χ4n) is 8.79. The minimum Gasteiger partial charge on any atom is -0.465 e. The van der Waals surface area contributed by atoms with E-state index in [0.29, 0.717) is 37.7 Å². The van der Waals surface area contributed by atoms with Crippen LogP contribution in [0.25, 0.3) is 0 Å². The van der Waals surface area contributed by atoms with Gasteiger partial charge in [-0.1, -0.05) is 13.8 Å². The first-order valence-corrected chi connectivity index (χ1v) is 11.4. The molecule has 0 radical (unpaired) electrons. The molecule has 5 fully saturated rings. The van der Waals surface area contributed by atoms with Crippen LogP contribution in [0.1, 0.15) is 78.1 Å². The van der Waals surface area contributed by atoms with E-state index in [0.717, 1.165) is 44.9 Å². The highest BCUT2D eigenvalue weighted by Crippen LogP contribution is 2.70. The minimum absolute atomic E-state index is 0.0891. The summed E-state index contributed by atoms with van der Waals surface area (Å²) in [7, 11) is 0. The summed E-state index contributed by atoms with van der Waals surface area (Å²) in [5, 5.41) is 33.8. The monoisotopic (exact) mass is 392 g/mol. The van der Waals surface area contributed by atoms with Gasteiger partial charge in [0, 0.05) is 12.3 Å². The molecule has 0 aromatic rings. The molecule has 0 spiro atoms. The smallest absolute Gasteiger partial charge is 0.306 e. The zero-order valence-corrected chi connectivity index (χ0v) is 17.3. The van der Waals surface area contributed by atoms with Crippen LogP contribution in [-0.2, 0) is 9.53 Å². The normalized spacial score (nSPS) is 58.6. The van der Waals surface area contributed by atoms with Gasteiger partial charge in [0.15, 0.2) is 0 Å². The third-order valence-electron chi connectivity index (χ3n) is 10.5. The lowest BCUT2D eigenvalue weighted by Gasteiger charge is -2.66. The Morgan fingerprint density at radius 1 is 0.893 bits per heavy atom. The first-order valence-electron chi connectivity index (χ1n) is 11.4. The van der Waals surface area contributed by atoms with Gasteiger partial charge in [-0.15, -0.1) is 0 Å². The van der Waals surface area contributed by atoms with E-state index in [2.05, 4.69) is 13.8 Å². The Balaban J connectivity index is 1.46. The van der Waals surface area contributed by atoms with E-state index in [1.54, 1.807) is 0 Å². The molecule has 1 unspecified atom stereocenters. The number of aliphatic hydroxyl groups excluding tert-OH is 1. The molecule has 0 amide bonds. The molecule has 4 aliphatic carbocycles. The fourth-order valence-corrected chi connectivity index (χ4v) is 8.79. The number of cyclic esters (lactones) is 1. The van der Waals surface area contributed by atoms with Gasteiger partial charge in [-0.2, -0.15) is 0 Å². The van der Waals surface area contributed by atoms with Gasteiger partial charge in [-0.25, -0.2) is 0 Å². The van der Waals surface area contributed by atoms with Crippen molar-refractivity contribution in [1.29, 1.82) is 0 Å². The lowest BCUT2D eigenvalue weighted by atomic mass is 9.41. The Labute approximate surface area is 167 Å². The highest BCUT2D eigenvalue weighted by Gasteiger charge is 2.70. The summed E-state index contributed by atoms with van der Waals surface area (Å²) in [6, 6.07) is 0. The van der Waals surface area contributed by atoms with Crippen molar-refractivity contribution in [1.82, 2.24) is 0 Å². The van der Waals surface area contributed by atoms with E-state index in [4.69, 9.17) is 4.74 Å². The van der Waals surface area contributed by atoms with Crippen molar-refractivity contribution >= 4 is 5.97 Å². The molecule has 0 aromatic carbocycles. The summed E-state index contributed by atoms with van der Waals surface area (Å²) in [4.78, 5) is 11.7. The second kappa shape index (κ2) is 5.95. The van der Waals surface area contributed by atoms with E-state index in [1.165, 1.54) is 0 Å². The molecule has 3 N–H and O–H groups in total. The SMILES string of the molecule is C[C@]12CC[C@H](O)C[C@@]1(O)CC[C@@H]1[C@@H]2CC[C@]2(C)[C@@H](C3COC(=O)C3)CC[C@]12O. The molecule has 5 heteroatoms. The maximum Gasteiger partial charge on any atom is 0.306 e. The summed E-state index contributed by atoms with van der Waals surface area (Å²) >= 11 is 0. The number of esters is 1. The number of fused-ring (bicyclic) bond motifs is 5. The number of hydrogen-bond donors (Lipinski definition) is 3. The summed E-state index contributed by atoms with van der Waals surface area (Å²) in [6.07, 6.45) is 7.43. The van der Waals surface area contributed by atoms with Gasteiger partial charge in [-0.05, 0) is 80.0 Å². The average Bonchev–Trinajstić information content (AvgIpc) is 3.17. The van der Waals surface area contributed by atoms with Crippen molar-refractivity contribution in [3.05, 3.63) is 0 Å². The standard InChI is InChI=1S/C23H36O5/c1-20-7-3-15(24)12-22(20,26)9-5-18-17(20)4-8-21(2)16(6-10-23(18,21)27)14-11-19(25)28-13-14/h14-18,24,26-27H,3-13H2,1-2H3/t14?,15-,16+,17-,18+,20+,21+,22-,23-/m0/s1. The molecule has 4 saturated carbocycles. The van der Waals surface area contributed by atoms with Crippen molar-refractivity contribution in [3.63, 3.8) is 0 Å². The molecule has 158 valence electrons. The second-order valence-corrected chi connectivity index (χ2v) is 11.3. The highest BCUT2D eigenvalue weighted by atomic mass is 16.5. The molecule has 5 nitrogen and oxygen atoms in total. The van der Waals surface area contributed by atoms with E-state index in [9.17, 15) is 20.1 Å². The molecular formula is C23H36O5. The van der Waals surface area contributed by atoms with Crippen LogP contribution in [0.4, 0.5) is 0 Å². The predicted molar refractivity (Wildman–Crippen MR) is 103 cm³/mol. The van der Waals surface area contributed by atoms with E-state index in [-0.39, 0.29) is 28.6 Å². The van der Waals surface area contributed by atoms with Crippen LogP contribution in [0.2, 0.25) is 0 Å². The Bertz CT molecular complexity index is 680. The third-order valence-corrected chi connectivity index (χ3v) is 10.5. The summed E-state index contributed by atoms with van der Waals surface area (Å²) in [6.45, 7) is 4.99. The fraction of sp³-hybridized carbons (Fsp3) is 0.957. The minimum atomic E-state index is -0.806. The molecular weight excluding hydrogens is 356 g/mol. The molecule has 5 aliphatic rings. The molecule has 1 aliphatic heterocycles. The lowest BCUT2D eigenvalue weighted by Crippen LogP contribution is -2.67. The molecule has 0 bridgehead atoms. The quantitative estimate of drug-likeness (QED) is 0.598. The van der Waals surface area contributed by atoms with Gasteiger partial charge in [0.25, 0.3) is 0 Å². The maximum atomic E-state index is 12.1. The summed E-state index contributed by atoms with van der Waals surface area (Å²) in [5.41, 5.74) is -1.92. The van der Waals surface area contributed by atoms with Crippen LogP contribution >= 0.6 is 0 Å². The van der Waals surface area contributed by atoms with Gasteiger partial charge in [0.05, 0.1) is 30.3 Å². The molecule has 0 aromatic heterocycles. The van der Waals surface area contributed by atoms with Gasteiger partial charge in [-0.3, -0.25) is 4.79 Å². The van der Waals surface area contributed by atoms with Gasteiger partial charge >= 0.3 is 5.97 Å². The number of ether oxygens (including phenoxy) is 1. The van der Waals surface area contributed by atoms with Crippen molar-refractivity contribution < 1.29 is 24.9 Å². The Kier molecular flexibility index (Phi) is 4.11. The summed E-state index contributed by atoms with van der Waals surface area (Å²) in [5.74, 6) is 0.997. The maximum absolute atomic E-state index is 12.1. The van der Waals surface area contributed by atoms with E-state index in [1.807, 2.05) is 0 Å². The number of hydrogen-bond acceptors (Lipinski definition) is 5. The predicted octanol–water partition coefficient (Wildman–Crippen LogP) is 2.80. The first-order chi connectivity index (χ1) is 13.1. The largest absolute Gasteiger partial charge is 0.465 e. The van der Waals surface area contributed by atoms with Crippen molar-refractivity contribution in [2.24, 2.45) is 34.5 Å². The van der Waals surface area contributed by atoms with Crippen molar-refractivity contribution in [2.45, 2.75) is 95.4 Å². The lowest BCUT2D eigenvalue weighted by molar-refractivity contribution is -0.257. The number of carbonyl (C=O) groups is 1. The van der Waals surface area contributed by atoms with Crippen LogP contribution in [0.5, 0.6) is 0 Å². The van der Waals surface area contributed by atoms with Gasteiger partial charge in [0.2, 0.25) is 0 Å². The number of aliphatic hydroxyl groups is 3. The van der Waals surface area contributed by atoms with Crippen LogP contribution in [0.15, 0.2) is 0 Å². The van der Waals surface area contributed by atoms with Crippen LogP contribution in [0, 0.1) is 34.5 Å². The number of carbonyl (C=O) groups excluding carboxylic acids is 1. The zero-order valence-electron chi connectivity index (χ0n) is 17.3. The molecule has 1 heterocycles. The van der Waals surface area contributed by atoms with Gasteiger partial charge < -0.3 is 20.1 Å². The van der Waals surface area contributed by atoms with Crippen LogP contribution in [0.3, 0.4) is 0 Å². The Morgan fingerprint density at radius 3 is 2.29 bits per heavy atom. The molecule has 5 rings (SSSR count). The first kappa shape index (κ1) is 19.3. The Hall–Kier alpha value is -0.650. The van der Waals surface area contributed by atoms with Crippen LogP contribution in [-0.4, -0.2) is 45.2 Å². The highest BCUT2D eigenvalue weighted by molar-refractivity contribution is 5.71. The molecule has 9 atom stereocenters. The second-order valence-electron chi connectivity index (χ2n) is 11.3. The van der Waals surface area contributed by atoms with Crippen molar-refractivity contribution in [3.8, 4) is 0 Å². The zero-order chi connectivity index (χ0) is 19.9. The average molecular weight is 393 g/mol. The number of rotatable bonds is 1. The summed E-state index contributed by atoms with van der Waals surface area (Å²) < 4.78 is 5.27. The third kappa shape index (κ3) is 2.27.